The largest absolute Gasteiger partial charge is 0.484 e. The average Bonchev–Trinajstić information content (AvgIpc) is 2.86. The number of carbonyl (C=O) groups excluding carboxylic acids is 1. The summed E-state index contributed by atoms with van der Waals surface area (Å²) in [6.07, 6.45) is 1.02. The second-order valence-electron chi connectivity index (χ2n) is 3.94. The molecule has 1 amide bonds. The van der Waals surface area contributed by atoms with Crippen LogP contribution in [0.25, 0.3) is 0 Å². The first-order valence-corrected chi connectivity index (χ1v) is 9.06. The average molecular weight is 392 g/mol. The molecule has 2 rings (SSSR count). The van der Waals surface area contributed by atoms with Crippen LogP contribution in [0.1, 0.15) is 0 Å². The van der Waals surface area contributed by atoms with E-state index >= 15 is 0 Å². The molecule has 0 spiro atoms. The van der Waals surface area contributed by atoms with E-state index in [9.17, 15) is 13.2 Å². The zero-order chi connectivity index (χ0) is 15.5. The van der Waals surface area contributed by atoms with Crippen molar-refractivity contribution in [3.8, 4) is 5.75 Å². The molecule has 2 aromatic rings. The van der Waals surface area contributed by atoms with E-state index in [4.69, 9.17) is 4.74 Å². The van der Waals surface area contributed by atoms with Crippen molar-refractivity contribution in [2.75, 3.05) is 18.2 Å². The molecule has 0 aliphatic carbocycles. The van der Waals surface area contributed by atoms with Crippen molar-refractivity contribution in [2.45, 2.75) is 4.34 Å². The normalized spacial score (nSPS) is 11.1. The Morgan fingerprint density at radius 2 is 2.00 bits per heavy atom. The molecule has 0 aliphatic rings. The van der Waals surface area contributed by atoms with Gasteiger partial charge in [0.25, 0.3) is 5.91 Å². The van der Waals surface area contributed by atoms with Gasteiger partial charge in [-0.1, -0.05) is 27.3 Å². The summed E-state index contributed by atoms with van der Waals surface area (Å²) in [5, 5.41) is 9.61. The number of amides is 1. The first-order chi connectivity index (χ1) is 9.84. The highest BCUT2D eigenvalue weighted by Crippen LogP contribution is 2.20. The molecule has 0 fully saturated rings. The zero-order valence-electron chi connectivity index (χ0n) is 10.7. The second-order valence-corrected chi connectivity index (χ2v) is 8.02. The third-order valence-corrected chi connectivity index (χ3v) is 5.19. The number of aromatic nitrogens is 2. The van der Waals surface area contributed by atoms with Gasteiger partial charge in [-0.25, -0.2) is 8.42 Å². The van der Waals surface area contributed by atoms with E-state index in [1.165, 1.54) is 0 Å². The number of rotatable bonds is 5. The Morgan fingerprint density at radius 3 is 2.57 bits per heavy atom. The van der Waals surface area contributed by atoms with E-state index in [0.717, 1.165) is 22.1 Å². The van der Waals surface area contributed by atoms with Gasteiger partial charge >= 0.3 is 0 Å². The maximum atomic E-state index is 11.7. The van der Waals surface area contributed by atoms with Gasteiger partial charge in [-0.15, -0.1) is 10.2 Å². The Hall–Kier alpha value is -1.52. The molecule has 112 valence electrons. The second kappa shape index (κ2) is 6.50. The van der Waals surface area contributed by atoms with Crippen LogP contribution in [-0.2, 0) is 14.6 Å². The first kappa shape index (κ1) is 15.9. The number of nitrogens with one attached hydrogen (secondary N) is 1. The molecule has 1 aromatic heterocycles. The highest BCUT2D eigenvalue weighted by Gasteiger charge is 2.15. The van der Waals surface area contributed by atoms with Crippen molar-refractivity contribution in [2.24, 2.45) is 0 Å². The maximum Gasteiger partial charge on any atom is 0.264 e. The minimum absolute atomic E-state index is 0.111. The predicted molar refractivity (Wildman–Crippen MR) is 81.3 cm³/mol. The number of nitrogens with zero attached hydrogens (tertiary/aromatic N) is 2. The molecule has 0 bridgehead atoms. The number of hydrogen-bond donors (Lipinski definition) is 1. The summed E-state index contributed by atoms with van der Waals surface area (Å²) < 4.78 is 28.5. The molecule has 1 heterocycles. The van der Waals surface area contributed by atoms with Gasteiger partial charge in [-0.05, 0) is 24.3 Å². The van der Waals surface area contributed by atoms with E-state index < -0.39 is 15.7 Å². The van der Waals surface area contributed by atoms with Gasteiger partial charge in [-0.2, -0.15) is 0 Å². The van der Waals surface area contributed by atoms with Crippen molar-refractivity contribution >= 4 is 48.1 Å². The first-order valence-electron chi connectivity index (χ1n) is 5.56. The third-order valence-electron chi connectivity index (χ3n) is 2.15. The Balaban J connectivity index is 1.90. The van der Waals surface area contributed by atoms with Gasteiger partial charge in [0.2, 0.25) is 19.3 Å². The Kier molecular flexibility index (Phi) is 4.91. The van der Waals surface area contributed by atoms with Crippen LogP contribution in [0.3, 0.4) is 0 Å². The standard InChI is InChI=1S/C11H10BrN3O4S2/c1-21(17,18)11-15-14-10(20-11)13-9(16)6-19-8-4-2-7(12)3-5-8/h2-5H,6H2,1H3,(H,13,14,16). The topological polar surface area (TPSA) is 98.3 Å². The lowest BCUT2D eigenvalue weighted by Crippen LogP contribution is -2.20. The molecular weight excluding hydrogens is 382 g/mol. The summed E-state index contributed by atoms with van der Waals surface area (Å²) in [5.74, 6) is 0.0940. The molecule has 0 aliphatic heterocycles. The Morgan fingerprint density at radius 1 is 1.33 bits per heavy atom. The monoisotopic (exact) mass is 391 g/mol. The quantitative estimate of drug-likeness (QED) is 0.779. The number of benzene rings is 1. The van der Waals surface area contributed by atoms with Gasteiger partial charge in [0.05, 0.1) is 0 Å². The van der Waals surface area contributed by atoms with Crippen molar-refractivity contribution in [1.82, 2.24) is 10.2 Å². The fourth-order valence-corrected chi connectivity index (χ4v) is 3.03. The molecule has 0 radical (unpaired) electrons. The molecule has 0 atom stereocenters. The van der Waals surface area contributed by atoms with E-state index in [0.29, 0.717) is 5.75 Å². The molecule has 0 unspecified atom stereocenters. The minimum atomic E-state index is -3.42. The smallest absolute Gasteiger partial charge is 0.264 e. The van der Waals surface area contributed by atoms with Crippen molar-refractivity contribution in [1.29, 1.82) is 0 Å². The minimum Gasteiger partial charge on any atom is -0.484 e. The van der Waals surface area contributed by atoms with E-state index in [1.807, 2.05) is 0 Å². The van der Waals surface area contributed by atoms with Crippen LogP contribution in [0.15, 0.2) is 33.1 Å². The lowest BCUT2D eigenvalue weighted by molar-refractivity contribution is -0.118. The van der Waals surface area contributed by atoms with Crippen LogP contribution >= 0.6 is 27.3 Å². The fourth-order valence-electron chi connectivity index (χ4n) is 1.25. The maximum absolute atomic E-state index is 11.7. The molecule has 1 aromatic carbocycles. The number of halogens is 1. The highest BCUT2D eigenvalue weighted by atomic mass is 79.9. The summed E-state index contributed by atoms with van der Waals surface area (Å²) in [4.78, 5) is 11.7. The predicted octanol–water partition coefficient (Wildman–Crippen LogP) is 1.72. The number of anilines is 1. The zero-order valence-corrected chi connectivity index (χ0v) is 14.0. The molecule has 7 nitrogen and oxygen atoms in total. The lowest BCUT2D eigenvalue weighted by atomic mass is 10.3. The lowest BCUT2D eigenvalue weighted by Gasteiger charge is -2.05. The van der Waals surface area contributed by atoms with Gasteiger partial charge < -0.3 is 4.74 Å². The third kappa shape index (κ3) is 4.76. The van der Waals surface area contributed by atoms with Crippen LogP contribution in [0, 0.1) is 0 Å². The number of hydrogen-bond acceptors (Lipinski definition) is 7. The Labute approximate surface area is 133 Å². The van der Waals surface area contributed by atoms with Crippen molar-refractivity contribution < 1.29 is 17.9 Å². The van der Waals surface area contributed by atoms with Crippen LogP contribution < -0.4 is 10.1 Å². The van der Waals surface area contributed by atoms with E-state index in [-0.39, 0.29) is 16.1 Å². The van der Waals surface area contributed by atoms with E-state index in [2.05, 4.69) is 31.4 Å². The van der Waals surface area contributed by atoms with Gasteiger partial charge in [0, 0.05) is 10.7 Å². The van der Waals surface area contributed by atoms with Crippen LogP contribution in [0.2, 0.25) is 0 Å². The summed E-state index contributed by atoms with van der Waals surface area (Å²) in [7, 11) is -3.42. The number of sulfone groups is 1. The van der Waals surface area contributed by atoms with Crippen LogP contribution in [0.4, 0.5) is 5.13 Å². The molecule has 0 saturated heterocycles. The van der Waals surface area contributed by atoms with Crippen molar-refractivity contribution in [3.05, 3.63) is 28.7 Å². The van der Waals surface area contributed by atoms with Gasteiger partial charge in [0.15, 0.2) is 6.61 Å². The summed E-state index contributed by atoms with van der Waals surface area (Å²) in [5.41, 5.74) is 0. The number of carbonyl (C=O) groups is 1. The van der Waals surface area contributed by atoms with E-state index in [1.54, 1.807) is 24.3 Å². The van der Waals surface area contributed by atoms with Crippen LogP contribution in [-0.4, -0.2) is 37.4 Å². The van der Waals surface area contributed by atoms with Gasteiger partial charge in [0.1, 0.15) is 5.75 Å². The summed E-state index contributed by atoms with van der Waals surface area (Å²) in [6.45, 7) is -0.213. The van der Waals surface area contributed by atoms with Gasteiger partial charge in [-0.3, -0.25) is 10.1 Å². The molecule has 10 heteroatoms. The number of ether oxygens (including phenoxy) is 1. The highest BCUT2D eigenvalue weighted by molar-refractivity contribution is 9.10. The summed E-state index contributed by atoms with van der Waals surface area (Å²) >= 11 is 4.08. The SMILES string of the molecule is CS(=O)(=O)c1nnc(NC(=O)COc2ccc(Br)cc2)s1. The van der Waals surface area contributed by atoms with Crippen molar-refractivity contribution in [3.63, 3.8) is 0 Å². The molecule has 1 N–H and O–H groups in total. The summed E-state index contributed by atoms with van der Waals surface area (Å²) in [6, 6.07) is 7.00. The molecule has 0 saturated carbocycles. The fraction of sp³-hybridized carbons (Fsp3) is 0.182. The molecule has 21 heavy (non-hydrogen) atoms. The molecular formula is C11H10BrN3O4S2. The van der Waals surface area contributed by atoms with Crippen LogP contribution in [0.5, 0.6) is 5.75 Å². The Bertz CT molecular complexity index is 743.